The van der Waals surface area contributed by atoms with Gasteiger partial charge in [-0.15, -0.1) is 0 Å². The Labute approximate surface area is 101 Å². The van der Waals surface area contributed by atoms with E-state index in [0.717, 1.165) is 24.2 Å². The molecule has 0 saturated carbocycles. The molecule has 1 aliphatic carbocycles. The molecular weight excluding hydrogens is 208 g/mol. The van der Waals surface area contributed by atoms with Gasteiger partial charge in [0.2, 0.25) is 0 Å². The molecule has 2 nitrogen and oxygen atoms in total. The van der Waals surface area contributed by atoms with Crippen LogP contribution in [0.1, 0.15) is 24.2 Å². The van der Waals surface area contributed by atoms with E-state index in [9.17, 15) is 0 Å². The number of hydrogen-bond donors (Lipinski definition) is 0. The zero-order chi connectivity index (χ0) is 11.8. The summed E-state index contributed by atoms with van der Waals surface area (Å²) in [4.78, 5) is 4.76. The normalized spacial score (nSPS) is 15.3. The maximum atomic E-state index is 4.76. The van der Waals surface area contributed by atoms with Crippen LogP contribution >= 0.6 is 0 Å². The Kier molecular flexibility index (Phi) is 2.36. The first-order valence-electron chi connectivity index (χ1n) is 6.05. The number of allylic oxidation sites excluding steroid dienone is 4. The van der Waals surface area contributed by atoms with Crippen molar-refractivity contribution in [2.75, 3.05) is 0 Å². The summed E-state index contributed by atoms with van der Waals surface area (Å²) >= 11 is 0. The van der Waals surface area contributed by atoms with Gasteiger partial charge in [0.05, 0.1) is 11.0 Å². The summed E-state index contributed by atoms with van der Waals surface area (Å²) in [5.41, 5.74) is 4.97. The Morgan fingerprint density at radius 3 is 2.88 bits per heavy atom. The number of aromatic nitrogens is 2. The second kappa shape index (κ2) is 3.88. The molecule has 0 fully saturated rings. The van der Waals surface area contributed by atoms with E-state index < -0.39 is 0 Å². The maximum Gasteiger partial charge on any atom is 0.136 e. The van der Waals surface area contributed by atoms with Crippen molar-refractivity contribution in [3.05, 3.63) is 47.8 Å². The van der Waals surface area contributed by atoms with Crippen LogP contribution < -0.4 is 0 Å². The van der Waals surface area contributed by atoms with Crippen LogP contribution in [-0.4, -0.2) is 9.55 Å². The van der Waals surface area contributed by atoms with Crippen molar-refractivity contribution in [2.24, 2.45) is 7.05 Å². The van der Waals surface area contributed by atoms with Gasteiger partial charge in [-0.05, 0) is 37.0 Å². The number of aryl methyl sites for hydroxylation is 2. The fourth-order valence-electron chi connectivity index (χ4n) is 2.54. The van der Waals surface area contributed by atoms with Gasteiger partial charge in [0.15, 0.2) is 0 Å². The van der Waals surface area contributed by atoms with Crippen molar-refractivity contribution in [3.8, 4) is 0 Å². The lowest BCUT2D eigenvalue weighted by atomic mass is 10.0. The highest BCUT2D eigenvalue weighted by atomic mass is 15.1. The number of nitrogens with zero attached hydrogens (tertiary/aromatic N) is 2. The Balaban J connectivity index is 2.24. The second-order valence-electron chi connectivity index (χ2n) is 4.60. The van der Waals surface area contributed by atoms with Crippen molar-refractivity contribution in [3.63, 3.8) is 0 Å². The van der Waals surface area contributed by atoms with E-state index in [0.29, 0.717) is 0 Å². The first-order chi connectivity index (χ1) is 8.27. The van der Waals surface area contributed by atoms with Gasteiger partial charge in [0.25, 0.3) is 0 Å². The summed E-state index contributed by atoms with van der Waals surface area (Å²) in [5, 5.41) is 0. The number of benzene rings is 1. The lowest BCUT2D eigenvalue weighted by Gasteiger charge is -2.09. The van der Waals surface area contributed by atoms with Crippen LogP contribution in [-0.2, 0) is 7.05 Å². The summed E-state index contributed by atoms with van der Waals surface area (Å²) in [6, 6.07) is 6.30. The van der Waals surface area contributed by atoms with Gasteiger partial charge >= 0.3 is 0 Å². The Morgan fingerprint density at radius 2 is 2.18 bits per heavy atom. The lowest BCUT2D eigenvalue weighted by molar-refractivity contribution is 0.895. The number of rotatable bonds is 1. The zero-order valence-electron chi connectivity index (χ0n) is 10.3. The number of fused-ring (bicyclic) bond motifs is 1. The molecule has 1 heterocycles. The third-order valence-corrected chi connectivity index (χ3v) is 3.40. The summed E-state index contributed by atoms with van der Waals surface area (Å²) in [5.74, 6) is 1.11. The zero-order valence-corrected chi connectivity index (χ0v) is 10.3. The Bertz CT molecular complexity index is 630. The molecule has 0 unspecified atom stereocenters. The summed E-state index contributed by atoms with van der Waals surface area (Å²) in [7, 11) is 2.11. The number of hydrogen-bond acceptors (Lipinski definition) is 1. The molecule has 17 heavy (non-hydrogen) atoms. The molecule has 0 saturated heterocycles. The van der Waals surface area contributed by atoms with E-state index in [-0.39, 0.29) is 0 Å². The van der Waals surface area contributed by atoms with Gasteiger partial charge in [0, 0.05) is 7.05 Å². The molecule has 0 N–H and O–H groups in total. The Hall–Kier alpha value is -1.83. The fraction of sp³-hybridized carbons (Fsp3) is 0.267. The summed E-state index contributed by atoms with van der Waals surface area (Å²) < 4.78 is 2.22. The molecule has 1 aromatic heterocycles. The second-order valence-corrected chi connectivity index (χ2v) is 4.60. The van der Waals surface area contributed by atoms with Crippen LogP contribution in [0, 0.1) is 6.92 Å². The molecule has 0 atom stereocenters. The first-order valence-corrected chi connectivity index (χ1v) is 6.05. The molecule has 0 bridgehead atoms. The van der Waals surface area contributed by atoms with Gasteiger partial charge in [-0.25, -0.2) is 4.98 Å². The molecule has 2 aromatic rings. The van der Waals surface area contributed by atoms with E-state index in [1.54, 1.807) is 0 Å². The van der Waals surface area contributed by atoms with Crippen LogP contribution in [0.25, 0.3) is 16.6 Å². The molecule has 0 spiro atoms. The summed E-state index contributed by atoms with van der Waals surface area (Å²) in [6.45, 7) is 2.14. The molecule has 1 aliphatic rings. The molecular formula is C15H16N2. The molecule has 0 amide bonds. The quantitative estimate of drug-likeness (QED) is 0.723. The highest BCUT2D eigenvalue weighted by molar-refractivity contribution is 5.83. The van der Waals surface area contributed by atoms with Gasteiger partial charge in [-0.1, -0.05) is 30.4 Å². The van der Waals surface area contributed by atoms with E-state index in [1.807, 2.05) is 0 Å². The van der Waals surface area contributed by atoms with Crippen LogP contribution in [0.5, 0.6) is 0 Å². The minimum Gasteiger partial charge on any atom is -0.327 e. The van der Waals surface area contributed by atoms with Crippen molar-refractivity contribution in [2.45, 2.75) is 19.8 Å². The van der Waals surface area contributed by atoms with Crippen LogP contribution in [0.4, 0.5) is 0 Å². The van der Waals surface area contributed by atoms with Gasteiger partial charge < -0.3 is 4.57 Å². The summed E-state index contributed by atoms with van der Waals surface area (Å²) in [6.07, 6.45) is 8.73. The highest BCUT2D eigenvalue weighted by Gasteiger charge is 2.13. The maximum absolute atomic E-state index is 4.76. The minimum absolute atomic E-state index is 1.09. The first kappa shape index (κ1) is 10.3. The average Bonchev–Trinajstić information content (AvgIpc) is 2.69. The van der Waals surface area contributed by atoms with E-state index in [1.165, 1.54) is 16.7 Å². The van der Waals surface area contributed by atoms with E-state index in [4.69, 9.17) is 4.98 Å². The lowest BCUT2D eigenvalue weighted by Crippen LogP contribution is -1.99. The largest absolute Gasteiger partial charge is 0.327 e. The minimum atomic E-state index is 1.09. The van der Waals surface area contributed by atoms with Crippen LogP contribution in [0.2, 0.25) is 0 Å². The van der Waals surface area contributed by atoms with Gasteiger partial charge in [-0.2, -0.15) is 0 Å². The fourth-order valence-corrected chi connectivity index (χ4v) is 2.54. The van der Waals surface area contributed by atoms with Crippen LogP contribution in [0.3, 0.4) is 0 Å². The van der Waals surface area contributed by atoms with E-state index in [2.05, 4.69) is 55.0 Å². The number of imidazole rings is 1. The van der Waals surface area contributed by atoms with E-state index >= 15 is 0 Å². The number of para-hydroxylation sites is 1. The molecule has 2 heteroatoms. The SMILES string of the molecule is Cc1cccc2nc(C3=CC=CCC3)n(C)c12. The predicted octanol–water partition coefficient (Wildman–Crippen LogP) is 3.62. The highest BCUT2D eigenvalue weighted by Crippen LogP contribution is 2.27. The third kappa shape index (κ3) is 1.60. The third-order valence-electron chi connectivity index (χ3n) is 3.40. The molecule has 0 radical (unpaired) electrons. The van der Waals surface area contributed by atoms with Crippen molar-refractivity contribution in [1.29, 1.82) is 0 Å². The molecule has 86 valence electrons. The predicted molar refractivity (Wildman–Crippen MR) is 71.8 cm³/mol. The van der Waals surface area contributed by atoms with Crippen molar-refractivity contribution >= 4 is 16.6 Å². The molecule has 1 aromatic carbocycles. The van der Waals surface area contributed by atoms with Crippen molar-refractivity contribution < 1.29 is 0 Å². The smallest absolute Gasteiger partial charge is 0.136 e. The molecule has 0 aliphatic heterocycles. The monoisotopic (exact) mass is 224 g/mol. The van der Waals surface area contributed by atoms with Crippen LogP contribution in [0.15, 0.2) is 36.4 Å². The average molecular weight is 224 g/mol. The van der Waals surface area contributed by atoms with Gasteiger partial charge in [0.1, 0.15) is 5.82 Å². The molecule has 3 rings (SSSR count). The standard InChI is InChI=1S/C15H16N2/c1-11-7-6-10-13-14(11)17(2)15(16-13)12-8-4-3-5-9-12/h3-4,6-8,10H,5,9H2,1-2H3. The van der Waals surface area contributed by atoms with Gasteiger partial charge in [-0.3, -0.25) is 0 Å². The Morgan fingerprint density at radius 1 is 1.29 bits per heavy atom. The topological polar surface area (TPSA) is 17.8 Å². The van der Waals surface area contributed by atoms with Crippen molar-refractivity contribution in [1.82, 2.24) is 9.55 Å².